The molecule has 2 fully saturated rings. The van der Waals surface area contributed by atoms with Crippen LogP contribution in [-0.4, -0.2) is 63.3 Å². The Hall–Kier alpha value is -3.17. The van der Waals surface area contributed by atoms with Crippen LogP contribution in [0.3, 0.4) is 0 Å². The number of carbonyl (C=O) groups is 1. The number of hydrogen-bond donors (Lipinski definition) is 1. The van der Waals surface area contributed by atoms with Gasteiger partial charge in [-0.2, -0.15) is 9.78 Å². The molecule has 9 heteroatoms. The van der Waals surface area contributed by atoms with Crippen molar-refractivity contribution in [2.45, 2.75) is 44.8 Å². The quantitative estimate of drug-likeness (QED) is 0.559. The van der Waals surface area contributed by atoms with Gasteiger partial charge in [-0.15, -0.1) is 0 Å². The third-order valence-corrected chi connectivity index (χ3v) is 7.13. The average Bonchev–Trinajstić information content (AvgIpc) is 3.31. The molecule has 184 valence electrons. The predicted octanol–water partition coefficient (Wildman–Crippen LogP) is 3.61. The molecule has 8 nitrogen and oxygen atoms in total. The molecule has 0 unspecified atom stereocenters. The van der Waals surface area contributed by atoms with E-state index in [9.17, 15) is 9.18 Å². The fraction of sp³-hybridized carbons (Fsp3) is 0.462. The molecule has 1 amide bonds. The summed E-state index contributed by atoms with van der Waals surface area (Å²) >= 11 is 0. The molecule has 1 N–H and O–H groups in total. The van der Waals surface area contributed by atoms with E-state index >= 15 is 0 Å². The average molecular weight is 479 g/mol. The van der Waals surface area contributed by atoms with Crippen LogP contribution >= 0.6 is 0 Å². The Kier molecular flexibility index (Phi) is 7.15. The third kappa shape index (κ3) is 4.97. The maximum absolute atomic E-state index is 14.3. The van der Waals surface area contributed by atoms with Crippen molar-refractivity contribution < 1.29 is 13.9 Å². The summed E-state index contributed by atoms with van der Waals surface area (Å²) in [6, 6.07) is 8.66. The maximum Gasteiger partial charge on any atom is 0.254 e. The van der Waals surface area contributed by atoms with Gasteiger partial charge in [0, 0.05) is 31.5 Å². The monoisotopic (exact) mass is 478 g/mol. The molecule has 3 aromatic rings. The zero-order valence-electron chi connectivity index (χ0n) is 20.0. The van der Waals surface area contributed by atoms with Crippen LogP contribution in [0.5, 0.6) is 0 Å². The molecule has 0 aliphatic carbocycles. The van der Waals surface area contributed by atoms with Gasteiger partial charge in [-0.1, -0.05) is 18.6 Å². The lowest BCUT2D eigenvalue weighted by Crippen LogP contribution is -2.51. The first-order valence-electron chi connectivity index (χ1n) is 12.3. The van der Waals surface area contributed by atoms with Gasteiger partial charge in [0.25, 0.3) is 11.9 Å². The van der Waals surface area contributed by atoms with Crippen molar-refractivity contribution in [2.75, 3.05) is 26.7 Å². The number of hydrogen-bond acceptors (Lipinski definition) is 6. The number of halogens is 1. The summed E-state index contributed by atoms with van der Waals surface area (Å²) in [4.78, 5) is 24.6. The molecular weight excluding hydrogens is 447 g/mol. The standard InChI is InChI=1S/C26H31FN6O2/c1-35-17-24-20(25(34)29-15-18-7-6-14-32-13-5-4-10-23(18)32)16-30-33(24)26-28-12-11-22(31-26)19-8-2-3-9-21(19)27/h2-3,8-9,11-12,16,18,23H,4-7,10,13-15,17H2,1H3,(H,29,34)/t18-,23+/m0/s1. The van der Waals surface area contributed by atoms with Gasteiger partial charge in [0.05, 0.1) is 29.8 Å². The number of nitrogens with one attached hydrogen (secondary N) is 1. The van der Waals surface area contributed by atoms with Crippen molar-refractivity contribution in [3.8, 4) is 17.2 Å². The highest BCUT2D eigenvalue weighted by Crippen LogP contribution is 2.30. The van der Waals surface area contributed by atoms with E-state index in [2.05, 4.69) is 25.3 Å². The molecule has 0 spiro atoms. The van der Waals surface area contributed by atoms with Crippen molar-refractivity contribution in [1.82, 2.24) is 30.0 Å². The largest absolute Gasteiger partial charge is 0.378 e. The summed E-state index contributed by atoms with van der Waals surface area (Å²) in [6.07, 6.45) is 9.15. The van der Waals surface area contributed by atoms with Gasteiger partial charge in [-0.05, 0) is 62.9 Å². The lowest BCUT2D eigenvalue weighted by molar-refractivity contribution is 0.0575. The topological polar surface area (TPSA) is 85.2 Å². The number of nitrogens with zero attached hydrogens (tertiary/aromatic N) is 5. The Morgan fingerprint density at radius 1 is 1.17 bits per heavy atom. The van der Waals surface area contributed by atoms with Crippen molar-refractivity contribution in [1.29, 1.82) is 0 Å². The van der Waals surface area contributed by atoms with Crippen LogP contribution in [0.15, 0.2) is 42.7 Å². The summed E-state index contributed by atoms with van der Waals surface area (Å²) < 4.78 is 21.2. The van der Waals surface area contributed by atoms with Crippen LogP contribution in [-0.2, 0) is 11.3 Å². The van der Waals surface area contributed by atoms with E-state index in [1.54, 1.807) is 37.6 Å². The van der Waals surface area contributed by atoms with E-state index in [0.717, 1.165) is 6.42 Å². The molecule has 2 atom stereocenters. The van der Waals surface area contributed by atoms with E-state index in [1.165, 1.54) is 55.7 Å². The number of fused-ring (bicyclic) bond motifs is 1. The van der Waals surface area contributed by atoms with E-state index in [4.69, 9.17) is 4.74 Å². The van der Waals surface area contributed by atoms with Crippen molar-refractivity contribution in [3.05, 3.63) is 59.8 Å². The zero-order valence-corrected chi connectivity index (χ0v) is 20.0. The lowest BCUT2D eigenvalue weighted by Gasteiger charge is -2.44. The van der Waals surface area contributed by atoms with Crippen molar-refractivity contribution >= 4 is 5.91 Å². The number of benzene rings is 1. The normalized spacial score (nSPS) is 20.4. The van der Waals surface area contributed by atoms with E-state index in [0.29, 0.717) is 41.0 Å². The van der Waals surface area contributed by atoms with Crippen LogP contribution in [0, 0.1) is 11.7 Å². The smallest absolute Gasteiger partial charge is 0.254 e. The summed E-state index contributed by atoms with van der Waals surface area (Å²) in [5.41, 5.74) is 1.80. The minimum atomic E-state index is -0.367. The molecule has 2 aliphatic rings. The Bertz CT molecular complexity index is 1180. The zero-order chi connectivity index (χ0) is 24.2. The number of piperidine rings is 2. The Morgan fingerprint density at radius 2 is 2.03 bits per heavy atom. The highest BCUT2D eigenvalue weighted by atomic mass is 19.1. The first-order valence-corrected chi connectivity index (χ1v) is 12.3. The van der Waals surface area contributed by atoms with E-state index < -0.39 is 0 Å². The highest BCUT2D eigenvalue weighted by Gasteiger charge is 2.33. The minimum absolute atomic E-state index is 0.163. The minimum Gasteiger partial charge on any atom is -0.378 e. The molecule has 5 rings (SSSR count). The molecular formula is C26H31FN6O2. The van der Waals surface area contributed by atoms with Crippen LogP contribution < -0.4 is 5.32 Å². The molecule has 1 aromatic carbocycles. The van der Waals surface area contributed by atoms with Gasteiger partial charge in [-0.25, -0.2) is 14.4 Å². The Morgan fingerprint density at radius 3 is 2.89 bits per heavy atom. The summed E-state index contributed by atoms with van der Waals surface area (Å²) in [5, 5.41) is 7.54. The summed E-state index contributed by atoms with van der Waals surface area (Å²) in [5.74, 6) is 0.173. The molecule has 0 bridgehead atoms. The Balaban J connectivity index is 1.36. The fourth-order valence-corrected chi connectivity index (χ4v) is 5.42. The van der Waals surface area contributed by atoms with E-state index in [-0.39, 0.29) is 24.3 Å². The molecule has 4 heterocycles. The van der Waals surface area contributed by atoms with Crippen LogP contribution in [0.2, 0.25) is 0 Å². The van der Waals surface area contributed by atoms with Gasteiger partial charge >= 0.3 is 0 Å². The molecule has 2 aliphatic heterocycles. The molecule has 2 saturated heterocycles. The predicted molar refractivity (Wildman–Crippen MR) is 130 cm³/mol. The molecule has 0 saturated carbocycles. The van der Waals surface area contributed by atoms with Crippen molar-refractivity contribution in [2.24, 2.45) is 5.92 Å². The summed E-state index contributed by atoms with van der Waals surface area (Å²) in [7, 11) is 1.56. The fourth-order valence-electron chi connectivity index (χ4n) is 5.42. The number of carbonyl (C=O) groups excluding carboxylic acids is 1. The SMILES string of the molecule is COCc1c(C(=O)NC[C@@H]2CCCN3CCCC[C@H]23)cnn1-c1nccc(-c2ccccc2F)n1. The maximum atomic E-state index is 14.3. The lowest BCUT2D eigenvalue weighted by atomic mass is 9.83. The van der Waals surface area contributed by atoms with Crippen LogP contribution in [0.1, 0.15) is 48.2 Å². The highest BCUT2D eigenvalue weighted by molar-refractivity contribution is 5.95. The van der Waals surface area contributed by atoms with Gasteiger partial charge < -0.3 is 15.0 Å². The van der Waals surface area contributed by atoms with E-state index in [1.807, 2.05) is 0 Å². The first-order chi connectivity index (χ1) is 17.2. The number of aromatic nitrogens is 4. The molecule has 35 heavy (non-hydrogen) atoms. The van der Waals surface area contributed by atoms with Gasteiger partial charge in [0.1, 0.15) is 5.82 Å². The number of rotatable bonds is 7. The molecule has 0 radical (unpaired) electrons. The van der Waals surface area contributed by atoms with Crippen molar-refractivity contribution in [3.63, 3.8) is 0 Å². The second kappa shape index (κ2) is 10.6. The van der Waals surface area contributed by atoms with Gasteiger partial charge in [0.15, 0.2) is 0 Å². The number of amides is 1. The van der Waals surface area contributed by atoms with Crippen LogP contribution in [0.25, 0.3) is 17.2 Å². The molecule has 2 aromatic heterocycles. The second-order valence-corrected chi connectivity index (χ2v) is 9.28. The number of methoxy groups -OCH3 is 1. The Labute approximate surface area is 204 Å². The van der Waals surface area contributed by atoms with Gasteiger partial charge in [-0.3, -0.25) is 4.79 Å². The first kappa shape index (κ1) is 23.6. The van der Waals surface area contributed by atoms with Gasteiger partial charge in [0.2, 0.25) is 0 Å². The van der Waals surface area contributed by atoms with Crippen LogP contribution in [0.4, 0.5) is 4.39 Å². The third-order valence-electron chi connectivity index (χ3n) is 7.13. The number of ether oxygens (including phenoxy) is 1. The second-order valence-electron chi connectivity index (χ2n) is 9.28. The summed E-state index contributed by atoms with van der Waals surface area (Å²) in [6.45, 7) is 3.16.